The van der Waals surface area contributed by atoms with Crippen molar-refractivity contribution in [1.82, 2.24) is 5.32 Å². The van der Waals surface area contributed by atoms with E-state index in [0.717, 1.165) is 28.8 Å². The third kappa shape index (κ3) is 4.41. The van der Waals surface area contributed by atoms with Crippen LogP contribution in [0.2, 0.25) is 0 Å². The molecule has 2 unspecified atom stereocenters. The number of methoxy groups -OCH3 is 2. The zero-order valence-corrected chi connectivity index (χ0v) is 17.4. The van der Waals surface area contributed by atoms with Crippen LogP contribution in [-0.2, 0) is 12.8 Å². The molecule has 140 valence electrons. The summed E-state index contributed by atoms with van der Waals surface area (Å²) >= 11 is 3.61. The quantitative estimate of drug-likeness (QED) is 0.648. The molecule has 2 aromatic rings. The van der Waals surface area contributed by atoms with Crippen LogP contribution in [0.25, 0.3) is 0 Å². The van der Waals surface area contributed by atoms with Gasteiger partial charge in [-0.05, 0) is 76.1 Å². The average molecular weight is 418 g/mol. The second-order valence-electron chi connectivity index (χ2n) is 7.00. The van der Waals surface area contributed by atoms with Crippen LogP contribution in [0.3, 0.4) is 0 Å². The maximum Gasteiger partial charge on any atom is 0.133 e. The Labute approximate surface area is 165 Å². The molecule has 1 N–H and O–H groups in total. The molecule has 0 aromatic heterocycles. The Morgan fingerprint density at radius 2 is 1.96 bits per heavy atom. The summed E-state index contributed by atoms with van der Waals surface area (Å²) < 4.78 is 11.8. The van der Waals surface area contributed by atoms with Crippen LogP contribution in [0.4, 0.5) is 0 Å². The van der Waals surface area contributed by atoms with Crippen LogP contribution in [0.5, 0.6) is 11.5 Å². The molecule has 1 aliphatic heterocycles. The van der Waals surface area contributed by atoms with Crippen LogP contribution < -0.4 is 14.8 Å². The number of ether oxygens (including phenoxy) is 2. The molecular formula is C22H28BrNO2. The number of unbranched alkanes of at least 4 members (excludes halogenated alkanes) is 1. The number of fused-ring (bicyclic) bond motifs is 1. The van der Waals surface area contributed by atoms with E-state index in [9.17, 15) is 0 Å². The molecule has 0 amide bonds. The summed E-state index contributed by atoms with van der Waals surface area (Å²) in [7, 11) is 3.44. The maximum absolute atomic E-state index is 5.45. The smallest absolute Gasteiger partial charge is 0.133 e. The highest BCUT2D eigenvalue weighted by atomic mass is 79.9. The van der Waals surface area contributed by atoms with Gasteiger partial charge in [-0.25, -0.2) is 0 Å². The van der Waals surface area contributed by atoms with Gasteiger partial charge in [-0.1, -0.05) is 31.9 Å². The van der Waals surface area contributed by atoms with Crippen LogP contribution in [0.15, 0.2) is 40.9 Å². The molecule has 0 spiro atoms. The first kappa shape index (κ1) is 19.2. The highest BCUT2D eigenvalue weighted by molar-refractivity contribution is 9.10. The van der Waals surface area contributed by atoms with E-state index >= 15 is 0 Å². The second kappa shape index (κ2) is 8.92. The molecule has 1 heterocycles. The largest absolute Gasteiger partial charge is 0.497 e. The van der Waals surface area contributed by atoms with Gasteiger partial charge in [-0.3, -0.25) is 0 Å². The molecule has 0 aliphatic carbocycles. The SMILES string of the molecule is CCCCC1Cc2cc(OC)ccc2C(Cc2ccc(OC)c(Br)c2)N1. The van der Waals surface area contributed by atoms with Crippen LogP contribution in [-0.4, -0.2) is 20.3 Å². The third-order valence-electron chi connectivity index (χ3n) is 5.19. The van der Waals surface area contributed by atoms with E-state index in [0.29, 0.717) is 12.1 Å². The lowest BCUT2D eigenvalue weighted by Crippen LogP contribution is -2.40. The van der Waals surface area contributed by atoms with E-state index in [1.807, 2.05) is 6.07 Å². The maximum atomic E-state index is 5.45. The van der Waals surface area contributed by atoms with E-state index in [4.69, 9.17) is 9.47 Å². The van der Waals surface area contributed by atoms with E-state index in [1.165, 1.54) is 36.0 Å². The van der Waals surface area contributed by atoms with Gasteiger partial charge in [-0.2, -0.15) is 0 Å². The number of nitrogens with one attached hydrogen (secondary N) is 1. The van der Waals surface area contributed by atoms with Crippen molar-refractivity contribution in [2.75, 3.05) is 14.2 Å². The van der Waals surface area contributed by atoms with Gasteiger partial charge in [0.1, 0.15) is 11.5 Å². The Bertz CT molecular complexity index is 747. The standard InChI is InChI=1S/C22H28BrNO2/c1-4-5-6-17-13-16-14-18(25-2)8-9-19(16)21(24-17)12-15-7-10-22(26-3)20(23)11-15/h7-11,14,17,21,24H,4-6,12-13H2,1-3H3. The molecule has 0 saturated heterocycles. The molecule has 4 heteroatoms. The number of rotatable bonds is 7. The topological polar surface area (TPSA) is 30.5 Å². The fraction of sp³-hybridized carbons (Fsp3) is 0.455. The van der Waals surface area contributed by atoms with Crippen molar-refractivity contribution >= 4 is 15.9 Å². The van der Waals surface area contributed by atoms with E-state index in [1.54, 1.807) is 14.2 Å². The van der Waals surface area contributed by atoms with Gasteiger partial charge in [0.05, 0.1) is 18.7 Å². The van der Waals surface area contributed by atoms with Crippen LogP contribution in [0, 0.1) is 0 Å². The van der Waals surface area contributed by atoms with Gasteiger partial charge >= 0.3 is 0 Å². The minimum Gasteiger partial charge on any atom is -0.497 e. The molecule has 0 bridgehead atoms. The van der Waals surface area contributed by atoms with Crippen molar-refractivity contribution in [2.45, 2.75) is 51.1 Å². The molecule has 3 rings (SSSR count). The van der Waals surface area contributed by atoms with Crippen molar-refractivity contribution in [3.8, 4) is 11.5 Å². The molecule has 2 atom stereocenters. The van der Waals surface area contributed by atoms with Gasteiger partial charge in [0.2, 0.25) is 0 Å². The van der Waals surface area contributed by atoms with Gasteiger partial charge in [0.15, 0.2) is 0 Å². The lowest BCUT2D eigenvalue weighted by molar-refractivity contribution is 0.370. The lowest BCUT2D eigenvalue weighted by atomic mass is 9.85. The summed E-state index contributed by atoms with van der Waals surface area (Å²) in [4.78, 5) is 0. The van der Waals surface area contributed by atoms with Gasteiger partial charge in [0, 0.05) is 12.1 Å². The Balaban J connectivity index is 1.86. The zero-order valence-electron chi connectivity index (χ0n) is 15.8. The van der Waals surface area contributed by atoms with E-state index < -0.39 is 0 Å². The summed E-state index contributed by atoms with van der Waals surface area (Å²) in [5.41, 5.74) is 4.11. The fourth-order valence-corrected chi connectivity index (χ4v) is 4.39. The normalized spacial score (nSPS) is 19.1. The van der Waals surface area contributed by atoms with E-state index in [2.05, 4.69) is 58.5 Å². The molecule has 26 heavy (non-hydrogen) atoms. The summed E-state index contributed by atoms with van der Waals surface area (Å²) in [6, 6.07) is 13.7. The molecular weight excluding hydrogens is 390 g/mol. The van der Waals surface area contributed by atoms with Crippen molar-refractivity contribution in [3.05, 3.63) is 57.6 Å². The average Bonchev–Trinajstić information content (AvgIpc) is 2.66. The van der Waals surface area contributed by atoms with Crippen molar-refractivity contribution < 1.29 is 9.47 Å². The first-order valence-corrected chi connectivity index (χ1v) is 10.2. The Morgan fingerprint density at radius 1 is 1.12 bits per heavy atom. The predicted octanol–water partition coefficient (Wildman–Crippen LogP) is 5.45. The van der Waals surface area contributed by atoms with Crippen molar-refractivity contribution in [2.24, 2.45) is 0 Å². The molecule has 0 saturated carbocycles. The summed E-state index contributed by atoms with van der Waals surface area (Å²) in [6.07, 6.45) is 5.76. The highest BCUT2D eigenvalue weighted by Crippen LogP contribution is 2.33. The molecule has 3 nitrogen and oxygen atoms in total. The number of benzene rings is 2. The molecule has 1 aliphatic rings. The third-order valence-corrected chi connectivity index (χ3v) is 5.81. The van der Waals surface area contributed by atoms with Crippen LogP contribution >= 0.6 is 15.9 Å². The first-order chi connectivity index (χ1) is 12.6. The predicted molar refractivity (Wildman–Crippen MR) is 110 cm³/mol. The minimum absolute atomic E-state index is 0.326. The number of halogens is 1. The van der Waals surface area contributed by atoms with Gasteiger partial charge in [-0.15, -0.1) is 0 Å². The van der Waals surface area contributed by atoms with Gasteiger partial charge in [0.25, 0.3) is 0 Å². The summed E-state index contributed by atoms with van der Waals surface area (Å²) in [5, 5.41) is 3.89. The zero-order chi connectivity index (χ0) is 18.5. The Hall–Kier alpha value is -1.52. The lowest BCUT2D eigenvalue weighted by Gasteiger charge is -2.34. The summed E-state index contributed by atoms with van der Waals surface area (Å²) in [5.74, 6) is 1.82. The van der Waals surface area contributed by atoms with E-state index in [-0.39, 0.29) is 0 Å². The minimum atomic E-state index is 0.326. The van der Waals surface area contributed by atoms with Crippen molar-refractivity contribution in [3.63, 3.8) is 0 Å². The second-order valence-corrected chi connectivity index (χ2v) is 7.85. The number of hydrogen-bond acceptors (Lipinski definition) is 3. The summed E-state index contributed by atoms with van der Waals surface area (Å²) in [6.45, 7) is 2.26. The number of hydrogen-bond donors (Lipinski definition) is 1. The van der Waals surface area contributed by atoms with Gasteiger partial charge < -0.3 is 14.8 Å². The highest BCUT2D eigenvalue weighted by Gasteiger charge is 2.26. The van der Waals surface area contributed by atoms with Crippen molar-refractivity contribution in [1.29, 1.82) is 0 Å². The molecule has 0 fully saturated rings. The Morgan fingerprint density at radius 3 is 2.65 bits per heavy atom. The first-order valence-electron chi connectivity index (χ1n) is 9.39. The fourth-order valence-electron chi connectivity index (χ4n) is 3.80. The monoisotopic (exact) mass is 417 g/mol. The molecule has 0 radical (unpaired) electrons. The van der Waals surface area contributed by atoms with Crippen LogP contribution in [0.1, 0.15) is 48.9 Å². The molecule has 2 aromatic carbocycles. The Kier molecular flexibility index (Phi) is 6.60.